The fourth-order valence-corrected chi connectivity index (χ4v) is 1.66. The summed E-state index contributed by atoms with van der Waals surface area (Å²) < 4.78 is 5.17. The van der Waals surface area contributed by atoms with Crippen molar-refractivity contribution in [2.75, 3.05) is 6.61 Å². The standard InChI is InChI=1S/C10H16N2O2S/c1-7(2)14-5-9(13)11-4-10-12-8(3)6-15-10/h6-7H,4-5H2,1-3H3,(H,11,13). The van der Waals surface area contributed by atoms with Gasteiger partial charge in [-0.25, -0.2) is 4.98 Å². The lowest BCUT2D eigenvalue weighted by molar-refractivity contribution is -0.127. The van der Waals surface area contributed by atoms with E-state index in [4.69, 9.17) is 4.74 Å². The maximum atomic E-state index is 11.3. The van der Waals surface area contributed by atoms with Gasteiger partial charge >= 0.3 is 0 Å². The number of ether oxygens (including phenoxy) is 1. The van der Waals surface area contributed by atoms with Crippen LogP contribution in [0.5, 0.6) is 0 Å². The van der Waals surface area contributed by atoms with Crippen molar-refractivity contribution in [3.63, 3.8) is 0 Å². The topological polar surface area (TPSA) is 51.2 Å². The molecule has 1 N–H and O–H groups in total. The number of amides is 1. The monoisotopic (exact) mass is 228 g/mol. The molecule has 1 aromatic heterocycles. The maximum Gasteiger partial charge on any atom is 0.246 e. The Labute approximate surface area is 93.7 Å². The van der Waals surface area contributed by atoms with E-state index in [2.05, 4.69) is 10.3 Å². The lowest BCUT2D eigenvalue weighted by Crippen LogP contribution is -2.28. The summed E-state index contributed by atoms with van der Waals surface area (Å²) in [5.74, 6) is -0.100. The van der Waals surface area contributed by atoms with E-state index in [0.29, 0.717) is 6.54 Å². The first-order valence-electron chi connectivity index (χ1n) is 4.87. The van der Waals surface area contributed by atoms with Crippen LogP contribution in [0.4, 0.5) is 0 Å². The van der Waals surface area contributed by atoms with E-state index < -0.39 is 0 Å². The third-order valence-electron chi connectivity index (χ3n) is 1.65. The maximum absolute atomic E-state index is 11.3. The Balaban J connectivity index is 2.22. The van der Waals surface area contributed by atoms with Gasteiger partial charge in [-0.05, 0) is 20.8 Å². The van der Waals surface area contributed by atoms with Gasteiger partial charge in [0.05, 0.1) is 12.6 Å². The second-order valence-corrected chi connectivity index (χ2v) is 4.46. The van der Waals surface area contributed by atoms with Gasteiger partial charge in [-0.2, -0.15) is 0 Å². The molecule has 4 nitrogen and oxygen atoms in total. The van der Waals surface area contributed by atoms with Crippen LogP contribution in [0, 0.1) is 6.92 Å². The third-order valence-corrected chi connectivity index (χ3v) is 2.62. The number of thiazole rings is 1. The summed E-state index contributed by atoms with van der Waals surface area (Å²) in [6.07, 6.45) is 0.0813. The van der Waals surface area contributed by atoms with Crippen molar-refractivity contribution in [3.05, 3.63) is 16.1 Å². The Morgan fingerprint density at radius 1 is 1.67 bits per heavy atom. The molecule has 5 heteroatoms. The zero-order valence-corrected chi connectivity index (χ0v) is 10.1. The van der Waals surface area contributed by atoms with Crippen LogP contribution < -0.4 is 5.32 Å². The summed E-state index contributed by atoms with van der Waals surface area (Å²) in [6.45, 7) is 6.33. The molecule has 0 radical (unpaired) electrons. The summed E-state index contributed by atoms with van der Waals surface area (Å²) in [6, 6.07) is 0. The third kappa shape index (κ3) is 4.90. The minimum Gasteiger partial charge on any atom is -0.369 e. The Hall–Kier alpha value is -0.940. The number of hydrogen-bond acceptors (Lipinski definition) is 4. The highest BCUT2D eigenvalue weighted by Crippen LogP contribution is 2.07. The first-order valence-corrected chi connectivity index (χ1v) is 5.75. The molecule has 0 saturated heterocycles. The van der Waals surface area contributed by atoms with E-state index in [1.807, 2.05) is 26.2 Å². The van der Waals surface area contributed by atoms with Crippen molar-refractivity contribution in [1.82, 2.24) is 10.3 Å². The molecule has 0 atom stereocenters. The van der Waals surface area contributed by atoms with E-state index in [-0.39, 0.29) is 18.6 Å². The normalized spacial score (nSPS) is 10.7. The smallest absolute Gasteiger partial charge is 0.246 e. The lowest BCUT2D eigenvalue weighted by Gasteiger charge is -2.07. The number of hydrogen-bond donors (Lipinski definition) is 1. The van der Waals surface area contributed by atoms with Crippen LogP contribution in [0.3, 0.4) is 0 Å². The molecule has 0 aromatic carbocycles. The van der Waals surface area contributed by atoms with E-state index in [9.17, 15) is 4.79 Å². The van der Waals surface area contributed by atoms with Crippen molar-refractivity contribution in [1.29, 1.82) is 0 Å². The van der Waals surface area contributed by atoms with Crippen LogP contribution in [0.15, 0.2) is 5.38 Å². The minimum absolute atomic E-state index is 0.0813. The van der Waals surface area contributed by atoms with Gasteiger partial charge in [-0.1, -0.05) is 0 Å². The van der Waals surface area contributed by atoms with Crippen molar-refractivity contribution in [2.24, 2.45) is 0 Å². The molecule has 0 aliphatic rings. The zero-order chi connectivity index (χ0) is 11.3. The molecule has 1 heterocycles. The second-order valence-electron chi connectivity index (χ2n) is 3.52. The highest BCUT2D eigenvalue weighted by atomic mass is 32.1. The van der Waals surface area contributed by atoms with E-state index in [1.54, 1.807) is 11.3 Å². The van der Waals surface area contributed by atoms with E-state index in [0.717, 1.165) is 10.7 Å². The predicted octanol–water partition coefficient (Wildman–Crippen LogP) is 1.49. The fourth-order valence-electron chi connectivity index (χ4n) is 0.951. The summed E-state index contributed by atoms with van der Waals surface area (Å²) in [5, 5.41) is 5.64. The van der Waals surface area contributed by atoms with Crippen LogP contribution in [0.1, 0.15) is 24.5 Å². The first-order chi connectivity index (χ1) is 7.08. The zero-order valence-electron chi connectivity index (χ0n) is 9.24. The molecule has 15 heavy (non-hydrogen) atoms. The number of carbonyl (C=O) groups excluding carboxylic acids is 1. The van der Waals surface area contributed by atoms with E-state index >= 15 is 0 Å². The van der Waals surface area contributed by atoms with Crippen LogP contribution in [0.2, 0.25) is 0 Å². The van der Waals surface area contributed by atoms with Crippen molar-refractivity contribution in [3.8, 4) is 0 Å². The Morgan fingerprint density at radius 3 is 2.93 bits per heavy atom. The van der Waals surface area contributed by atoms with Crippen LogP contribution in [-0.4, -0.2) is 23.6 Å². The first kappa shape index (κ1) is 12.1. The number of rotatable bonds is 5. The van der Waals surface area contributed by atoms with E-state index in [1.165, 1.54) is 0 Å². The van der Waals surface area contributed by atoms with Gasteiger partial charge in [0.1, 0.15) is 11.6 Å². The summed E-state index contributed by atoms with van der Waals surface area (Å²) in [5.41, 5.74) is 0.989. The van der Waals surface area contributed by atoms with Crippen LogP contribution in [-0.2, 0) is 16.1 Å². The number of nitrogens with zero attached hydrogens (tertiary/aromatic N) is 1. The average molecular weight is 228 g/mol. The van der Waals surface area contributed by atoms with Gasteiger partial charge in [0.15, 0.2) is 0 Å². The molecule has 1 rings (SSSR count). The average Bonchev–Trinajstić information content (AvgIpc) is 2.58. The van der Waals surface area contributed by atoms with Crippen LogP contribution >= 0.6 is 11.3 Å². The van der Waals surface area contributed by atoms with Gasteiger partial charge in [0, 0.05) is 11.1 Å². The second kappa shape index (κ2) is 5.82. The lowest BCUT2D eigenvalue weighted by atomic mass is 10.5. The van der Waals surface area contributed by atoms with Gasteiger partial charge < -0.3 is 10.1 Å². The molecule has 0 saturated carbocycles. The Bertz CT molecular complexity index is 323. The molecule has 0 spiro atoms. The number of carbonyl (C=O) groups is 1. The molecular formula is C10H16N2O2S. The highest BCUT2D eigenvalue weighted by Gasteiger charge is 2.04. The molecular weight excluding hydrogens is 212 g/mol. The predicted molar refractivity (Wildman–Crippen MR) is 59.8 cm³/mol. The minimum atomic E-state index is -0.100. The Kier molecular flexibility index (Phi) is 4.71. The van der Waals surface area contributed by atoms with Crippen LogP contribution in [0.25, 0.3) is 0 Å². The highest BCUT2D eigenvalue weighted by molar-refractivity contribution is 7.09. The molecule has 84 valence electrons. The number of aromatic nitrogens is 1. The fraction of sp³-hybridized carbons (Fsp3) is 0.600. The summed E-state index contributed by atoms with van der Waals surface area (Å²) in [7, 11) is 0. The molecule has 0 aliphatic heterocycles. The summed E-state index contributed by atoms with van der Waals surface area (Å²) >= 11 is 1.55. The number of nitrogens with one attached hydrogen (secondary N) is 1. The van der Waals surface area contributed by atoms with Gasteiger partial charge in [-0.3, -0.25) is 4.79 Å². The molecule has 1 aromatic rings. The van der Waals surface area contributed by atoms with Gasteiger partial charge in [0.25, 0.3) is 0 Å². The van der Waals surface area contributed by atoms with Crippen molar-refractivity contribution in [2.45, 2.75) is 33.4 Å². The molecule has 0 aliphatic carbocycles. The summed E-state index contributed by atoms with van der Waals surface area (Å²) in [4.78, 5) is 15.5. The quantitative estimate of drug-likeness (QED) is 0.830. The number of aryl methyl sites for hydroxylation is 1. The molecule has 0 bridgehead atoms. The van der Waals surface area contributed by atoms with Crippen molar-refractivity contribution < 1.29 is 9.53 Å². The largest absolute Gasteiger partial charge is 0.369 e. The molecule has 0 fully saturated rings. The van der Waals surface area contributed by atoms with Crippen molar-refractivity contribution >= 4 is 17.2 Å². The molecule has 1 amide bonds. The van der Waals surface area contributed by atoms with Gasteiger partial charge in [-0.15, -0.1) is 11.3 Å². The van der Waals surface area contributed by atoms with Gasteiger partial charge in [0.2, 0.25) is 5.91 Å². The molecule has 0 unspecified atom stereocenters. The SMILES string of the molecule is Cc1csc(CNC(=O)COC(C)C)n1. The Morgan fingerprint density at radius 2 is 2.40 bits per heavy atom.